The van der Waals surface area contributed by atoms with E-state index in [0.29, 0.717) is 24.1 Å². The first-order chi connectivity index (χ1) is 17.3. The minimum absolute atomic E-state index is 0.107. The fraction of sp³-hybridized carbons (Fsp3) is 0.385. The van der Waals surface area contributed by atoms with Gasteiger partial charge in [-0.25, -0.2) is 24.0 Å². The lowest BCUT2D eigenvalue weighted by Crippen LogP contribution is -2.36. The summed E-state index contributed by atoms with van der Waals surface area (Å²) < 4.78 is 16.6. The van der Waals surface area contributed by atoms with Crippen LogP contribution in [0, 0.1) is 0 Å². The van der Waals surface area contributed by atoms with Gasteiger partial charge in [-0.3, -0.25) is 14.2 Å². The number of benzene rings is 1. The maximum atomic E-state index is 13.3. The molecule has 36 heavy (non-hydrogen) atoms. The maximum Gasteiger partial charge on any atom is 0.289 e. The summed E-state index contributed by atoms with van der Waals surface area (Å²) in [7, 11) is 0. The van der Waals surface area contributed by atoms with Gasteiger partial charge >= 0.3 is 0 Å². The van der Waals surface area contributed by atoms with Gasteiger partial charge in [0.25, 0.3) is 11.5 Å². The van der Waals surface area contributed by atoms with Gasteiger partial charge in [0.1, 0.15) is 6.17 Å². The van der Waals surface area contributed by atoms with Crippen molar-refractivity contribution in [3.8, 4) is 11.1 Å². The molecule has 3 heterocycles. The Morgan fingerprint density at radius 1 is 1.14 bits per heavy atom. The lowest BCUT2D eigenvalue weighted by Gasteiger charge is -2.31. The highest BCUT2D eigenvalue weighted by Crippen LogP contribution is 2.46. The molecule has 0 spiro atoms. The van der Waals surface area contributed by atoms with E-state index in [1.165, 1.54) is 10.9 Å². The highest BCUT2D eigenvalue weighted by atomic mass is 19.1. The molecule has 1 aromatic carbocycles. The molecule has 6 rings (SSSR count). The lowest BCUT2D eigenvalue weighted by atomic mass is 9.90. The summed E-state index contributed by atoms with van der Waals surface area (Å²) >= 11 is 0. The molecule has 2 saturated carbocycles. The summed E-state index contributed by atoms with van der Waals surface area (Å²) in [5.41, 5.74) is 2.14. The smallest absolute Gasteiger partial charge is 0.289 e. The van der Waals surface area contributed by atoms with E-state index in [0.717, 1.165) is 29.4 Å². The van der Waals surface area contributed by atoms with Crippen LogP contribution in [0.5, 0.6) is 0 Å². The van der Waals surface area contributed by atoms with Crippen LogP contribution in [0.3, 0.4) is 0 Å². The quantitative estimate of drug-likeness (QED) is 0.444. The Morgan fingerprint density at radius 2 is 1.89 bits per heavy atom. The number of halogens is 1. The minimum Gasteiger partial charge on any atom is -0.340 e. The van der Waals surface area contributed by atoms with Crippen LogP contribution >= 0.6 is 0 Å². The number of alkyl halides is 1. The SMILES string of the molecule is CC(C)n1ncc2cnc(C(=O)NC3(c4ccc(-c5cncn([C@H]6C[C@@H](F)C6)c5=O)cc4)CC3)nc21. The van der Waals surface area contributed by atoms with Crippen molar-refractivity contribution in [3.05, 3.63) is 70.9 Å². The van der Waals surface area contributed by atoms with Crippen LogP contribution in [0.25, 0.3) is 22.2 Å². The summed E-state index contributed by atoms with van der Waals surface area (Å²) in [5.74, 6) is -0.230. The normalized spacial score (nSPS) is 20.3. The summed E-state index contributed by atoms with van der Waals surface area (Å²) in [5, 5.41) is 8.23. The minimum atomic E-state index is -0.848. The van der Waals surface area contributed by atoms with E-state index in [4.69, 9.17) is 0 Å². The Balaban J connectivity index is 1.22. The first kappa shape index (κ1) is 22.5. The van der Waals surface area contributed by atoms with Crippen LogP contribution in [0.1, 0.15) is 67.8 Å². The van der Waals surface area contributed by atoms with E-state index < -0.39 is 11.7 Å². The molecule has 2 aliphatic rings. The van der Waals surface area contributed by atoms with Gasteiger partial charge in [-0.1, -0.05) is 24.3 Å². The summed E-state index contributed by atoms with van der Waals surface area (Å²) in [4.78, 5) is 39.0. The van der Waals surface area contributed by atoms with E-state index in [-0.39, 0.29) is 29.4 Å². The number of aromatic nitrogens is 6. The zero-order chi connectivity index (χ0) is 25.0. The number of hydrogen-bond donors (Lipinski definition) is 1. The Bertz CT molecular complexity index is 1520. The molecule has 0 aliphatic heterocycles. The molecule has 0 atom stereocenters. The zero-order valence-corrected chi connectivity index (χ0v) is 20.1. The number of fused-ring (bicyclic) bond motifs is 1. The van der Waals surface area contributed by atoms with Gasteiger partial charge in [0, 0.05) is 24.5 Å². The molecule has 0 unspecified atom stereocenters. The van der Waals surface area contributed by atoms with Gasteiger partial charge in [-0.05, 0) is 50.7 Å². The number of amides is 1. The second-order valence-corrected chi connectivity index (χ2v) is 10.0. The predicted molar refractivity (Wildman–Crippen MR) is 131 cm³/mol. The number of carbonyl (C=O) groups excluding carboxylic acids is 1. The van der Waals surface area contributed by atoms with Crippen molar-refractivity contribution < 1.29 is 9.18 Å². The van der Waals surface area contributed by atoms with Crippen molar-refractivity contribution in [1.82, 2.24) is 34.6 Å². The van der Waals surface area contributed by atoms with Gasteiger partial charge in [0.05, 0.1) is 29.0 Å². The fourth-order valence-corrected chi connectivity index (χ4v) is 4.81. The third-order valence-corrected chi connectivity index (χ3v) is 7.19. The van der Waals surface area contributed by atoms with Gasteiger partial charge in [-0.2, -0.15) is 5.10 Å². The van der Waals surface area contributed by atoms with Crippen LogP contribution in [0.4, 0.5) is 4.39 Å². The standard InChI is InChI=1S/C26H26FN7O2/c1-15(2)34-23-17(12-30-34)11-29-22(31-23)24(35)32-26(7-8-26)18-5-3-16(4-6-18)21-13-28-14-33(25(21)36)20-9-19(27)10-20/h3-6,11-15,19-20H,7-10H2,1-2H3,(H,32,35)/t19-,20+. The maximum absolute atomic E-state index is 13.3. The van der Waals surface area contributed by atoms with Crippen LogP contribution in [0.2, 0.25) is 0 Å². The molecule has 1 amide bonds. The van der Waals surface area contributed by atoms with Crippen molar-refractivity contribution in [3.63, 3.8) is 0 Å². The monoisotopic (exact) mass is 487 g/mol. The van der Waals surface area contributed by atoms with E-state index in [1.807, 2.05) is 38.1 Å². The topological polar surface area (TPSA) is 108 Å². The average Bonchev–Trinajstić information content (AvgIpc) is 3.50. The largest absolute Gasteiger partial charge is 0.340 e. The van der Waals surface area contributed by atoms with E-state index >= 15 is 0 Å². The molecule has 1 N–H and O–H groups in total. The van der Waals surface area contributed by atoms with Crippen LogP contribution in [-0.4, -0.2) is 41.4 Å². The molecule has 0 bridgehead atoms. The molecular formula is C26H26FN7O2. The van der Waals surface area contributed by atoms with Crippen LogP contribution in [0.15, 0.2) is 54.0 Å². The van der Waals surface area contributed by atoms with E-state index in [2.05, 4.69) is 25.4 Å². The lowest BCUT2D eigenvalue weighted by molar-refractivity contribution is 0.0920. The van der Waals surface area contributed by atoms with Crippen molar-refractivity contribution in [2.45, 2.75) is 63.3 Å². The third kappa shape index (κ3) is 3.77. The molecule has 4 aromatic rings. The van der Waals surface area contributed by atoms with Crippen LogP contribution < -0.4 is 10.9 Å². The van der Waals surface area contributed by atoms with Gasteiger partial charge in [-0.15, -0.1) is 0 Å². The van der Waals surface area contributed by atoms with E-state index in [1.54, 1.807) is 23.3 Å². The van der Waals surface area contributed by atoms with Crippen molar-refractivity contribution >= 4 is 16.9 Å². The molecule has 184 valence electrons. The first-order valence-electron chi connectivity index (χ1n) is 12.2. The van der Waals surface area contributed by atoms with Crippen LogP contribution in [-0.2, 0) is 5.54 Å². The zero-order valence-electron chi connectivity index (χ0n) is 20.1. The molecule has 2 aliphatic carbocycles. The average molecular weight is 488 g/mol. The number of rotatable bonds is 6. The Hall–Kier alpha value is -3.95. The predicted octanol–water partition coefficient (Wildman–Crippen LogP) is 3.72. The second kappa shape index (κ2) is 8.32. The molecule has 2 fully saturated rings. The molecule has 3 aromatic heterocycles. The Labute approximate surface area is 206 Å². The fourth-order valence-electron chi connectivity index (χ4n) is 4.81. The van der Waals surface area contributed by atoms with Gasteiger partial charge < -0.3 is 5.32 Å². The van der Waals surface area contributed by atoms with Crippen molar-refractivity contribution in [2.75, 3.05) is 0 Å². The number of nitrogens with zero attached hydrogens (tertiary/aromatic N) is 6. The van der Waals surface area contributed by atoms with Crippen molar-refractivity contribution in [1.29, 1.82) is 0 Å². The molecular weight excluding hydrogens is 461 g/mol. The highest BCUT2D eigenvalue weighted by Gasteiger charge is 2.46. The van der Waals surface area contributed by atoms with Crippen molar-refractivity contribution in [2.24, 2.45) is 0 Å². The second-order valence-electron chi connectivity index (χ2n) is 10.0. The molecule has 0 radical (unpaired) electrons. The van der Waals surface area contributed by atoms with E-state index in [9.17, 15) is 14.0 Å². The van der Waals surface area contributed by atoms with Gasteiger partial charge in [0.2, 0.25) is 5.82 Å². The molecule has 0 saturated heterocycles. The molecule has 9 nitrogen and oxygen atoms in total. The summed E-state index contributed by atoms with van der Waals surface area (Å²) in [6.07, 6.45) is 7.80. The summed E-state index contributed by atoms with van der Waals surface area (Å²) in [6.45, 7) is 4.01. The summed E-state index contributed by atoms with van der Waals surface area (Å²) in [6, 6.07) is 7.57. The Kier molecular flexibility index (Phi) is 5.20. The number of carbonyl (C=O) groups is 1. The highest BCUT2D eigenvalue weighted by molar-refractivity contribution is 5.93. The molecule has 10 heteroatoms. The number of hydrogen-bond acceptors (Lipinski definition) is 6. The Morgan fingerprint density at radius 3 is 2.56 bits per heavy atom. The first-order valence-corrected chi connectivity index (χ1v) is 12.2. The van der Waals surface area contributed by atoms with Gasteiger partial charge in [0.15, 0.2) is 5.65 Å². The number of nitrogens with one attached hydrogen (secondary N) is 1. The third-order valence-electron chi connectivity index (χ3n) is 7.19.